The first-order valence-electron chi connectivity index (χ1n) is 5.60. The fourth-order valence-corrected chi connectivity index (χ4v) is 2.30. The summed E-state index contributed by atoms with van der Waals surface area (Å²) in [6.07, 6.45) is 0.0980. The van der Waals surface area contributed by atoms with Crippen LogP contribution in [0, 0.1) is 11.7 Å². The average Bonchev–Trinajstić information content (AvgIpc) is 2.18. The maximum Gasteiger partial charge on any atom is 0.303 e. The van der Waals surface area contributed by atoms with E-state index in [1.54, 1.807) is 12.1 Å². The Bertz CT molecular complexity index is 409. The maximum absolute atomic E-state index is 12.9. The fourth-order valence-electron chi connectivity index (χ4n) is 2.30. The highest BCUT2D eigenvalue weighted by Crippen LogP contribution is 2.40. The molecular formula is C13H15FO3. The molecule has 1 N–H and O–H groups in total. The smallest absolute Gasteiger partial charge is 0.303 e. The lowest BCUT2D eigenvalue weighted by Crippen LogP contribution is -2.52. The summed E-state index contributed by atoms with van der Waals surface area (Å²) >= 11 is 0. The summed E-state index contributed by atoms with van der Waals surface area (Å²) < 4.78 is 18.1. The zero-order chi connectivity index (χ0) is 12.5. The quantitative estimate of drug-likeness (QED) is 0.874. The minimum Gasteiger partial charge on any atom is -0.481 e. The summed E-state index contributed by atoms with van der Waals surface area (Å²) in [5, 5.41) is 8.86. The lowest BCUT2D eigenvalue weighted by atomic mass is 9.68. The van der Waals surface area contributed by atoms with E-state index in [1.807, 2.05) is 6.92 Å². The van der Waals surface area contributed by atoms with Crippen molar-refractivity contribution in [1.82, 2.24) is 0 Å². The molecule has 1 aromatic rings. The minimum atomic E-state index is -0.814. The van der Waals surface area contributed by atoms with E-state index < -0.39 is 5.97 Å². The summed E-state index contributed by atoms with van der Waals surface area (Å²) in [4.78, 5) is 10.8. The van der Waals surface area contributed by atoms with E-state index >= 15 is 0 Å². The normalized spacial score (nSPS) is 19.4. The highest BCUT2D eigenvalue weighted by Gasteiger charge is 2.45. The van der Waals surface area contributed by atoms with Crippen molar-refractivity contribution in [2.24, 2.45) is 5.92 Å². The van der Waals surface area contributed by atoms with Gasteiger partial charge in [0, 0.05) is 11.8 Å². The summed E-state index contributed by atoms with van der Waals surface area (Å²) in [7, 11) is 0. The molecule has 1 aromatic carbocycles. The van der Waals surface area contributed by atoms with Crippen molar-refractivity contribution in [2.45, 2.75) is 18.8 Å². The number of carboxylic acids is 1. The van der Waals surface area contributed by atoms with Crippen LogP contribution < -0.4 is 0 Å². The second kappa shape index (κ2) is 4.45. The molecule has 17 heavy (non-hydrogen) atoms. The summed E-state index contributed by atoms with van der Waals surface area (Å²) in [6.45, 7) is 2.92. The molecule has 0 radical (unpaired) electrons. The Morgan fingerprint density at radius 1 is 1.47 bits per heavy atom. The van der Waals surface area contributed by atoms with E-state index in [0.717, 1.165) is 5.56 Å². The van der Waals surface area contributed by atoms with Gasteiger partial charge in [0.1, 0.15) is 5.82 Å². The lowest BCUT2D eigenvalue weighted by molar-refractivity contribution is -0.142. The van der Waals surface area contributed by atoms with Gasteiger partial charge < -0.3 is 9.84 Å². The molecule has 4 heteroatoms. The number of halogens is 1. The third kappa shape index (κ3) is 2.17. The van der Waals surface area contributed by atoms with E-state index in [4.69, 9.17) is 9.84 Å². The highest BCUT2D eigenvalue weighted by atomic mass is 19.1. The molecule has 3 nitrogen and oxygen atoms in total. The number of aliphatic carboxylic acids is 1. The molecule has 1 unspecified atom stereocenters. The van der Waals surface area contributed by atoms with E-state index in [1.165, 1.54) is 12.1 Å². The van der Waals surface area contributed by atoms with Gasteiger partial charge in [-0.25, -0.2) is 4.39 Å². The molecule has 0 saturated carbocycles. The molecule has 1 fully saturated rings. The number of hydrogen-bond acceptors (Lipinski definition) is 2. The summed E-state index contributed by atoms with van der Waals surface area (Å²) in [5.74, 6) is -1.12. The Labute approximate surface area is 99.2 Å². The van der Waals surface area contributed by atoms with Crippen LogP contribution in [0.2, 0.25) is 0 Å². The van der Waals surface area contributed by atoms with Gasteiger partial charge in [-0.3, -0.25) is 4.79 Å². The van der Waals surface area contributed by atoms with Crippen molar-refractivity contribution < 1.29 is 19.0 Å². The van der Waals surface area contributed by atoms with E-state index in [2.05, 4.69) is 0 Å². The van der Waals surface area contributed by atoms with Crippen LogP contribution in [0.15, 0.2) is 24.3 Å². The second-order valence-electron chi connectivity index (χ2n) is 4.65. The first-order valence-corrected chi connectivity index (χ1v) is 5.60. The molecule has 0 aromatic heterocycles. The van der Waals surface area contributed by atoms with Gasteiger partial charge in [-0.15, -0.1) is 0 Å². The molecule has 0 bridgehead atoms. The van der Waals surface area contributed by atoms with Gasteiger partial charge in [-0.1, -0.05) is 19.1 Å². The molecule has 1 saturated heterocycles. The SMILES string of the molecule is CC(CC(=O)O)C1(c2ccc(F)cc2)COC1. The van der Waals surface area contributed by atoms with Crippen molar-refractivity contribution in [2.75, 3.05) is 13.2 Å². The van der Waals surface area contributed by atoms with E-state index in [-0.39, 0.29) is 23.6 Å². The number of carbonyl (C=O) groups is 1. The van der Waals surface area contributed by atoms with Gasteiger partial charge in [0.2, 0.25) is 0 Å². The number of hydrogen-bond donors (Lipinski definition) is 1. The van der Waals surface area contributed by atoms with Gasteiger partial charge in [0.05, 0.1) is 13.2 Å². The van der Waals surface area contributed by atoms with Crippen LogP contribution in [0.5, 0.6) is 0 Å². The molecular weight excluding hydrogens is 223 g/mol. The van der Waals surface area contributed by atoms with Gasteiger partial charge in [0.25, 0.3) is 0 Å². The Morgan fingerprint density at radius 3 is 2.47 bits per heavy atom. The standard InChI is InChI=1S/C13H15FO3/c1-9(6-12(15)16)13(7-17-8-13)10-2-4-11(14)5-3-10/h2-5,9H,6-8H2,1H3,(H,15,16). The van der Waals surface area contributed by atoms with Crippen LogP contribution >= 0.6 is 0 Å². The highest BCUT2D eigenvalue weighted by molar-refractivity contribution is 5.67. The fraction of sp³-hybridized carbons (Fsp3) is 0.462. The van der Waals surface area contributed by atoms with Crippen LogP contribution in [0.4, 0.5) is 4.39 Å². The molecule has 1 atom stereocenters. The zero-order valence-corrected chi connectivity index (χ0v) is 9.65. The van der Waals surface area contributed by atoms with Crippen LogP contribution in [0.3, 0.4) is 0 Å². The van der Waals surface area contributed by atoms with Crippen molar-refractivity contribution in [3.8, 4) is 0 Å². The maximum atomic E-state index is 12.9. The van der Waals surface area contributed by atoms with Crippen molar-refractivity contribution >= 4 is 5.97 Å². The Balaban J connectivity index is 2.24. The molecule has 0 spiro atoms. The Morgan fingerprint density at radius 2 is 2.06 bits per heavy atom. The Hall–Kier alpha value is -1.42. The third-order valence-electron chi connectivity index (χ3n) is 3.56. The molecule has 1 aliphatic rings. The molecule has 0 aliphatic carbocycles. The summed E-state index contributed by atoms with van der Waals surface area (Å²) in [5.41, 5.74) is 0.686. The van der Waals surface area contributed by atoms with Crippen LogP contribution in [-0.4, -0.2) is 24.3 Å². The predicted molar refractivity (Wildman–Crippen MR) is 60.3 cm³/mol. The largest absolute Gasteiger partial charge is 0.481 e. The number of rotatable bonds is 4. The van der Waals surface area contributed by atoms with Crippen LogP contribution in [0.25, 0.3) is 0 Å². The average molecular weight is 238 g/mol. The first-order chi connectivity index (χ1) is 8.04. The molecule has 1 heterocycles. The number of ether oxygens (including phenoxy) is 1. The van der Waals surface area contributed by atoms with Gasteiger partial charge in [0.15, 0.2) is 0 Å². The van der Waals surface area contributed by atoms with Crippen molar-refractivity contribution in [3.05, 3.63) is 35.6 Å². The molecule has 92 valence electrons. The number of carboxylic acid groups (broad SMARTS) is 1. The van der Waals surface area contributed by atoms with Gasteiger partial charge >= 0.3 is 5.97 Å². The monoisotopic (exact) mass is 238 g/mol. The minimum absolute atomic E-state index is 0.0285. The lowest BCUT2D eigenvalue weighted by Gasteiger charge is -2.46. The van der Waals surface area contributed by atoms with Gasteiger partial charge in [-0.05, 0) is 23.6 Å². The predicted octanol–water partition coefficient (Wildman–Crippen LogP) is 2.20. The van der Waals surface area contributed by atoms with E-state index in [9.17, 15) is 9.18 Å². The van der Waals surface area contributed by atoms with Crippen LogP contribution in [-0.2, 0) is 14.9 Å². The topological polar surface area (TPSA) is 46.5 Å². The molecule has 1 aliphatic heterocycles. The number of benzene rings is 1. The summed E-state index contributed by atoms with van der Waals surface area (Å²) in [6, 6.07) is 6.25. The van der Waals surface area contributed by atoms with Crippen molar-refractivity contribution in [3.63, 3.8) is 0 Å². The van der Waals surface area contributed by atoms with Crippen LogP contribution in [0.1, 0.15) is 18.9 Å². The third-order valence-corrected chi connectivity index (χ3v) is 3.56. The molecule has 0 amide bonds. The zero-order valence-electron chi connectivity index (χ0n) is 9.65. The molecule has 2 rings (SSSR count). The van der Waals surface area contributed by atoms with Crippen molar-refractivity contribution in [1.29, 1.82) is 0 Å². The van der Waals surface area contributed by atoms with E-state index in [0.29, 0.717) is 13.2 Å². The van der Waals surface area contributed by atoms with Gasteiger partial charge in [-0.2, -0.15) is 0 Å². The second-order valence-corrected chi connectivity index (χ2v) is 4.65. The first kappa shape index (κ1) is 12.0. The Kier molecular flexibility index (Phi) is 3.15.